The van der Waals surface area contributed by atoms with Gasteiger partial charge in [0.2, 0.25) is 5.91 Å². The molecule has 2 aromatic rings. The summed E-state index contributed by atoms with van der Waals surface area (Å²) < 4.78 is 5.46. The smallest absolute Gasteiger partial charge is 0.230 e. The van der Waals surface area contributed by atoms with Crippen LogP contribution in [0.15, 0.2) is 23.4 Å². The third kappa shape index (κ3) is 4.67. The normalized spacial score (nSPS) is 11.0. The number of fused-ring (bicyclic) bond motifs is 1. The molecule has 0 spiro atoms. The largest absolute Gasteiger partial charge is 0.494 e. The summed E-state index contributed by atoms with van der Waals surface area (Å²) in [6, 6.07) is 5.74. The van der Waals surface area contributed by atoms with Crippen LogP contribution in [-0.4, -0.2) is 34.8 Å². The summed E-state index contributed by atoms with van der Waals surface area (Å²) in [5.41, 5.74) is 1.80. The molecule has 0 unspecified atom stereocenters. The Balaban J connectivity index is 1.94. The molecule has 114 valence electrons. The van der Waals surface area contributed by atoms with Gasteiger partial charge < -0.3 is 15.0 Å². The zero-order valence-corrected chi connectivity index (χ0v) is 13.4. The van der Waals surface area contributed by atoms with Crippen LogP contribution < -0.4 is 10.1 Å². The summed E-state index contributed by atoms with van der Waals surface area (Å²) in [5.74, 6) is 1.68. The molecule has 0 bridgehead atoms. The predicted molar refractivity (Wildman–Crippen MR) is 85.8 cm³/mol. The van der Waals surface area contributed by atoms with Crippen molar-refractivity contribution in [1.82, 2.24) is 15.3 Å². The Morgan fingerprint density at radius 1 is 1.48 bits per heavy atom. The average molecular weight is 307 g/mol. The summed E-state index contributed by atoms with van der Waals surface area (Å²) in [7, 11) is 0. The van der Waals surface area contributed by atoms with Gasteiger partial charge in [-0.05, 0) is 25.0 Å². The predicted octanol–water partition coefficient (Wildman–Crippen LogP) is 2.83. The monoisotopic (exact) mass is 307 g/mol. The average Bonchev–Trinajstić information content (AvgIpc) is 2.85. The van der Waals surface area contributed by atoms with Crippen LogP contribution in [0, 0.1) is 5.92 Å². The van der Waals surface area contributed by atoms with Crippen molar-refractivity contribution in [2.24, 2.45) is 5.92 Å². The van der Waals surface area contributed by atoms with E-state index in [0.717, 1.165) is 21.9 Å². The van der Waals surface area contributed by atoms with Gasteiger partial charge in [0, 0.05) is 12.6 Å². The molecule has 6 heteroatoms. The zero-order chi connectivity index (χ0) is 15.2. The van der Waals surface area contributed by atoms with E-state index in [-0.39, 0.29) is 5.91 Å². The molecule has 0 atom stereocenters. The molecule has 0 aliphatic rings. The Morgan fingerprint density at radius 2 is 2.29 bits per heavy atom. The first-order valence-electron chi connectivity index (χ1n) is 7.10. The molecule has 1 heterocycles. The standard InChI is InChI=1S/C15H21N3O2S/c1-4-20-11-5-6-12-13(7-11)18-15(17-12)21-9-14(19)16-8-10(2)3/h5-7,10H,4,8-9H2,1-3H3,(H,16,19)(H,17,18). The maximum absolute atomic E-state index is 11.7. The van der Waals surface area contributed by atoms with Crippen molar-refractivity contribution in [2.45, 2.75) is 25.9 Å². The second-order valence-electron chi connectivity index (χ2n) is 5.14. The van der Waals surface area contributed by atoms with Crippen LogP contribution in [-0.2, 0) is 4.79 Å². The number of H-pyrrole nitrogens is 1. The van der Waals surface area contributed by atoms with Gasteiger partial charge in [0.25, 0.3) is 0 Å². The van der Waals surface area contributed by atoms with E-state index in [2.05, 4.69) is 29.1 Å². The highest BCUT2D eigenvalue weighted by molar-refractivity contribution is 7.99. The molecule has 1 aromatic heterocycles. The van der Waals surface area contributed by atoms with Crippen molar-refractivity contribution in [1.29, 1.82) is 0 Å². The minimum atomic E-state index is 0.0316. The van der Waals surface area contributed by atoms with Crippen LogP contribution in [0.4, 0.5) is 0 Å². The highest BCUT2D eigenvalue weighted by Gasteiger charge is 2.08. The second-order valence-corrected chi connectivity index (χ2v) is 6.10. The number of rotatable bonds is 7. The number of imidazole rings is 1. The molecule has 0 aliphatic heterocycles. The lowest BCUT2D eigenvalue weighted by molar-refractivity contribution is -0.118. The fraction of sp³-hybridized carbons (Fsp3) is 0.467. The number of nitrogens with one attached hydrogen (secondary N) is 2. The number of carbonyl (C=O) groups is 1. The van der Waals surface area contributed by atoms with Crippen LogP contribution in [0.3, 0.4) is 0 Å². The van der Waals surface area contributed by atoms with E-state index in [1.165, 1.54) is 11.8 Å². The number of aromatic amines is 1. The van der Waals surface area contributed by atoms with E-state index in [4.69, 9.17) is 4.74 Å². The van der Waals surface area contributed by atoms with Crippen LogP contribution in [0.1, 0.15) is 20.8 Å². The lowest BCUT2D eigenvalue weighted by Gasteiger charge is -2.06. The van der Waals surface area contributed by atoms with Gasteiger partial charge in [-0.1, -0.05) is 25.6 Å². The number of hydrogen-bond donors (Lipinski definition) is 2. The summed E-state index contributed by atoms with van der Waals surface area (Å²) in [4.78, 5) is 19.3. The Hall–Kier alpha value is -1.69. The molecule has 1 aromatic carbocycles. The van der Waals surface area contributed by atoms with Gasteiger partial charge in [0.05, 0.1) is 23.4 Å². The molecule has 1 amide bonds. The first-order chi connectivity index (χ1) is 10.1. The van der Waals surface area contributed by atoms with Crippen LogP contribution >= 0.6 is 11.8 Å². The number of thioether (sulfide) groups is 1. The van der Waals surface area contributed by atoms with Crippen molar-refractivity contribution < 1.29 is 9.53 Å². The highest BCUT2D eigenvalue weighted by Crippen LogP contribution is 2.23. The van der Waals surface area contributed by atoms with E-state index >= 15 is 0 Å². The van der Waals surface area contributed by atoms with Gasteiger partial charge in [-0.2, -0.15) is 0 Å². The van der Waals surface area contributed by atoms with Gasteiger partial charge in [-0.3, -0.25) is 4.79 Å². The number of amides is 1. The molecule has 0 saturated heterocycles. The van der Waals surface area contributed by atoms with E-state index in [1.54, 1.807) is 0 Å². The molecule has 0 fully saturated rings. The number of nitrogens with zero attached hydrogens (tertiary/aromatic N) is 1. The number of ether oxygens (including phenoxy) is 1. The zero-order valence-electron chi connectivity index (χ0n) is 12.6. The SMILES string of the molecule is CCOc1ccc2nc(SCC(=O)NCC(C)C)[nH]c2c1. The molecule has 5 nitrogen and oxygen atoms in total. The van der Waals surface area contributed by atoms with Crippen molar-refractivity contribution in [2.75, 3.05) is 18.9 Å². The van der Waals surface area contributed by atoms with E-state index in [1.807, 2.05) is 25.1 Å². The fourth-order valence-electron chi connectivity index (χ4n) is 1.79. The van der Waals surface area contributed by atoms with E-state index in [0.29, 0.717) is 24.8 Å². The molecular formula is C15H21N3O2S. The van der Waals surface area contributed by atoms with E-state index in [9.17, 15) is 4.79 Å². The van der Waals surface area contributed by atoms with E-state index < -0.39 is 0 Å². The summed E-state index contributed by atoms with van der Waals surface area (Å²) >= 11 is 1.41. The molecule has 2 rings (SSSR count). The molecule has 0 aliphatic carbocycles. The molecule has 0 saturated carbocycles. The van der Waals surface area contributed by atoms with Crippen molar-refractivity contribution in [3.8, 4) is 5.75 Å². The molecule has 2 N–H and O–H groups in total. The van der Waals surface area contributed by atoms with Crippen LogP contribution in [0.2, 0.25) is 0 Å². The Labute approximate surface area is 128 Å². The van der Waals surface area contributed by atoms with Gasteiger partial charge in [0.1, 0.15) is 5.75 Å². The summed E-state index contributed by atoms with van der Waals surface area (Å²) in [6.07, 6.45) is 0. The Kier molecular flexibility index (Phi) is 5.50. The van der Waals surface area contributed by atoms with Crippen LogP contribution in [0.5, 0.6) is 5.75 Å². The minimum Gasteiger partial charge on any atom is -0.494 e. The maximum atomic E-state index is 11.7. The summed E-state index contributed by atoms with van der Waals surface area (Å²) in [5, 5.41) is 3.64. The first kappa shape index (κ1) is 15.7. The Bertz CT molecular complexity index is 610. The second kappa shape index (κ2) is 7.36. The summed E-state index contributed by atoms with van der Waals surface area (Å²) in [6.45, 7) is 7.44. The topological polar surface area (TPSA) is 67.0 Å². The third-order valence-corrected chi connectivity index (χ3v) is 3.66. The van der Waals surface area contributed by atoms with Gasteiger partial charge in [0.15, 0.2) is 5.16 Å². The maximum Gasteiger partial charge on any atom is 0.230 e. The van der Waals surface area contributed by atoms with Crippen molar-refractivity contribution in [3.63, 3.8) is 0 Å². The first-order valence-corrected chi connectivity index (χ1v) is 8.09. The van der Waals surface area contributed by atoms with Crippen LogP contribution in [0.25, 0.3) is 11.0 Å². The quantitative estimate of drug-likeness (QED) is 0.772. The van der Waals surface area contributed by atoms with Gasteiger partial charge in [-0.15, -0.1) is 0 Å². The fourth-order valence-corrected chi connectivity index (χ4v) is 2.51. The number of hydrogen-bond acceptors (Lipinski definition) is 4. The minimum absolute atomic E-state index is 0.0316. The van der Waals surface area contributed by atoms with Gasteiger partial charge in [-0.25, -0.2) is 4.98 Å². The lowest BCUT2D eigenvalue weighted by Crippen LogP contribution is -2.28. The molecular weight excluding hydrogens is 286 g/mol. The van der Waals surface area contributed by atoms with Crippen molar-refractivity contribution in [3.05, 3.63) is 18.2 Å². The molecule has 21 heavy (non-hydrogen) atoms. The van der Waals surface area contributed by atoms with Gasteiger partial charge >= 0.3 is 0 Å². The molecule has 0 radical (unpaired) electrons. The number of aromatic nitrogens is 2. The number of carbonyl (C=O) groups excluding carboxylic acids is 1. The Morgan fingerprint density at radius 3 is 3.00 bits per heavy atom. The third-order valence-electron chi connectivity index (χ3n) is 2.79. The highest BCUT2D eigenvalue weighted by atomic mass is 32.2. The lowest BCUT2D eigenvalue weighted by atomic mass is 10.2. The number of benzene rings is 1. The van der Waals surface area contributed by atoms with Crippen molar-refractivity contribution >= 4 is 28.7 Å².